The summed E-state index contributed by atoms with van der Waals surface area (Å²) in [6, 6.07) is 0.904. The monoisotopic (exact) mass is 420 g/mol. The predicted octanol–water partition coefficient (Wildman–Crippen LogP) is 8.08. The first-order valence-corrected chi connectivity index (χ1v) is 11.0. The maximum absolute atomic E-state index is 2.60. The van der Waals surface area contributed by atoms with Gasteiger partial charge in [0.25, 0.3) is 0 Å². The fourth-order valence-corrected chi connectivity index (χ4v) is 4.08. The lowest BCUT2D eigenvalue weighted by molar-refractivity contribution is 0.173. The van der Waals surface area contributed by atoms with Crippen LogP contribution in [0.1, 0.15) is 122 Å². The summed E-state index contributed by atoms with van der Waals surface area (Å²) in [6.07, 6.45) is 26.4. The van der Waals surface area contributed by atoms with Crippen molar-refractivity contribution in [2.24, 2.45) is 0 Å². The Balaban J connectivity index is 0. The summed E-state index contributed by atoms with van der Waals surface area (Å²) in [7, 11) is 2.33. The zero-order valence-electron chi connectivity index (χ0n) is 17.6. The van der Waals surface area contributed by atoms with Crippen molar-refractivity contribution >= 4 is 17.0 Å². The summed E-state index contributed by atoms with van der Waals surface area (Å²) >= 11 is 0. The molecule has 3 N–H and O–H groups in total. The van der Waals surface area contributed by atoms with Crippen LogP contribution in [0, 0.1) is 0 Å². The molecule has 25 heavy (non-hydrogen) atoms. The Bertz CT molecular complexity index is 248. The van der Waals surface area contributed by atoms with Crippen molar-refractivity contribution in [3.8, 4) is 0 Å². The number of hydrogen-bond donors (Lipinski definition) is 1. The number of likely N-dealkylation sites (tertiary alicyclic amines) is 1. The van der Waals surface area contributed by atoms with Crippen LogP contribution in [0.2, 0.25) is 0 Å². The highest BCUT2D eigenvalue weighted by atomic mass is 79.9. The minimum atomic E-state index is 0. The van der Waals surface area contributed by atoms with Gasteiger partial charge in [-0.05, 0) is 32.9 Å². The highest BCUT2D eigenvalue weighted by Crippen LogP contribution is 2.20. The van der Waals surface area contributed by atoms with Gasteiger partial charge in [-0.15, -0.1) is 17.0 Å². The first kappa shape index (κ1) is 27.6. The zero-order valence-corrected chi connectivity index (χ0v) is 19.3. The Morgan fingerprint density at radius 3 is 1.56 bits per heavy atom. The molecule has 1 unspecified atom stereocenters. The van der Waals surface area contributed by atoms with E-state index in [1.807, 2.05) is 0 Å². The van der Waals surface area contributed by atoms with E-state index >= 15 is 0 Å². The predicted molar refractivity (Wildman–Crippen MR) is 121 cm³/mol. The molecule has 154 valence electrons. The van der Waals surface area contributed by atoms with Crippen molar-refractivity contribution in [2.75, 3.05) is 13.6 Å². The van der Waals surface area contributed by atoms with Gasteiger partial charge in [0.1, 0.15) is 0 Å². The summed E-state index contributed by atoms with van der Waals surface area (Å²) < 4.78 is 0. The third kappa shape index (κ3) is 16.3. The lowest BCUT2D eigenvalue weighted by atomic mass is 9.97. The molecule has 0 amide bonds. The molecular formula is C22H49BrN2. The Morgan fingerprint density at radius 2 is 1.12 bits per heavy atom. The highest BCUT2D eigenvalue weighted by molar-refractivity contribution is 8.93. The topological polar surface area (TPSA) is 38.2 Å². The molecule has 3 heteroatoms. The standard InChI is InChI=1S/C22H45N.BrH.H3N/c1-3-4-5-6-7-8-9-10-11-12-13-14-15-16-19-22-20-17-18-21-23(22)2;;/h22H,3-21H2,1-2H3;1H;1H3. The molecule has 1 aliphatic rings. The average molecular weight is 422 g/mol. The second-order valence-electron chi connectivity index (χ2n) is 8.02. The van der Waals surface area contributed by atoms with E-state index in [-0.39, 0.29) is 23.1 Å². The average Bonchev–Trinajstić information content (AvgIpc) is 2.57. The van der Waals surface area contributed by atoms with Gasteiger partial charge in [0.05, 0.1) is 0 Å². The summed E-state index contributed by atoms with van der Waals surface area (Å²) in [5.74, 6) is 0. The fraction of sp³-hybridized carbons (Fsp3) is 1.00. The molecule has 1 heterocycles. The Hall–Kier alpha value is 0.400. The zero-order chi connectivity index (χ0) is 16.6. The van der Waals surface area contributed by atoms with E-state index in [4.69, 9.17) is 0 Å². The summed E-state index contributed by atoms with van der Waals surface area (Å²) in [5, 5.41) is 0. The summed E-state index contributed by atoms with van der Waals surface area (Å²) in [4.78, 5) is 2.60. The number of hydrogen-bond acceptors (Lipinski definition) is 2. The molecule has 1 fully saturated rings. The molecule has 0 bridgehead atoms. The number of rotatable bonds is 15. The molecule has 1 rings (SSSR count). The quantitative estimate of drug-likeness (QED) is 0.271. The van der Waals surface area contributed by atoms with Gasteiger partial charge in [-0.1, -0.05) is 103 Å². The van der Waals surface area contributed by atoms with Crippen LogP contribution in [0.5, 0.6) is 0 Å². The maximum atomic E-state index is 2.60. The third-order valence-electron chi connectivity index (χ3n) is 5.81. The highest BCUT2D eigenvalue weighted by Gasteiger charge is 2.17. The van der Waals surface area contributed by atoms with Gasteiger partial charge in [0, 0.05) is 6.04 Å². The van der Waals surface area contributed by atoms with Crippen molar-refractivity contribution in [1.82, 2.24) is 11.1 Å². The lowest BCUT2D eigenvalue weighted by Crippen LogP contribution is -2.35. The Kier molecular flexibility index (Phi) is 22.9. The normalized spacial score (nSPS) is 17.8. The van der Waals surface area contributed by atoms with E-state index < -0.39 is 0 Å². The van der Waals surface area contributed by atoms with Gasteiger partial charge in [-0.3, -0.25) is 0 Å². The van der Waals surface area contributed by atoms with E-state index in [9.17, 15) is 0 Å². The molecule has 1 saturated heterocycles. The molecule has 0 aromatic rings. The molecular weight excluding hydrogens is 372 g/mol. The van der Waals surface area contributed by atoms with E-state index in [2.05, 4.69) is 18.9 Å². The third-order valence-corrected chi connectivity index (χ3v) is 5.81. The van der Waals surface area contributed by atoms with Crippen LogP contribution in [-0.4, -0.2) is 24.5 Å². The summed E-state index contributed by atoms with van der Waals surface area (Å²) in [6.45, 7) is 3.64. The van der Waals surface area contributed by atoms with Gasteiger partial charge in [-0.2, -0.15) is 0 Å². The first-order valence-electron chi connectivity index (χ1n) is 11.0. The van der Waals surface area contributed by atoms with Gasteiger partial charge < -0.3 is 11.1 Å². The van der Waals surface area contributed by atoms with Crippen LogP contribution in [-0.2, 0) is 0 Å². The van der Waals surface area contributed by atoms with E-state index in [0.29, 0.717) is 0 Å². The fourth-order valence-electron chi connectivity index (χ4n) is 4.08. The molecule has 2 nitrogen and oxygen atoms in total. The van der Waals surface area contributed by atoms with E-state index in [0.717, 1.165) is 6.04 Å². The van der Waals surface area contributed by atoms with Crippen LogP contribution < -0.4 is 6.15 Å². The van der Waals surface area contributed by atoms with E-state index in [1.165, 1.54) is 122 Å². The molecule has 0 aromatic heterocycles. The van der Waals surface area contributed by atoms with Crippen molar-refractivity contribution < 1.29 is 0 Å². The van der Waals surface area contributed by atoms with Crippen LogP contribution >= 0.6 is 17.0 Å². The first-order chi connectivity index (χ1) is 11.3. The second kappa shape index (κ2) is 20.7. The molecule has 1 atom stereocenters. The molecule has 0 radical (unpaired) electrons. The van der Waals surface area contributed by atoms with Crippen molar-refractivity contribution in [3.63, 3.8) is 0 Å². The summed E-state index contributed by atoms with van der Waals surface area (Å²) in [5.41, 5.74) is 0. The van der Waals surface area contributed by atoms with Gasteiger partial charge >= 0.3 is 0 Å². The lowest BCUT2D eigenvalue weighted by Gasteiger charge is -2.32. The van der Waals surface area contributed by atoms with Crippen LogP contribution in [0.4, 0.5) is 0 Å². The van der Waals surface area contributed by atoms with Crippen LogP contribution in [0.25, 0.3) is 0 Å². The van der Waals surface area contributed by atoms with Gasteiger partial charge in [0.15, 0.2) is 0 Å². The number of piperidine rings is 1. The molecule has 0 aliphatic carbocycles. The Morgan fingerprint density at radius 1 is 0.680 bits per heavy atom. The number of nitrogens with zero attached hydrogens (tertiary/aromatic N) is 1. The maximum Gasteiger partial charge on any atom is 0.00922 e. The van der Waals surface area contributed by atoms with Crippen LogP contribution in [0.15, 0.2) is 0 Å². The minimum absolute atomic E-state index is 0. The SMILES string of the molecule is Br.CCCCCCCCCCCCCCCCC1CCCCN1C.N. The van der Waals surface area contributed by atoms with Gasteiger partial charge in [-0.25, -0.2) is 0 Å². The van der Waals surface area contributed by atoms with Crippen molar-refractivity contribution in [2.45, 2.75) is 129 Å². The number of halogens is 1. The Labute approximate surface area is 170 Å². The van der Waals surface area contributed by atoms with E-state index in [1.54, 1.807) is 0 Å². The van der Waals surface area contributed by atoms with Crippen molar-refractivity contribution in [3.05, 3.63) is 0 Å². The van der Waals surface area contributed by atoms with Gasteiger partial charge in [0.2, 0.25) is 0 Å². The largest absolute Gasteiger partial charge is 0.344 e. The number of unbranched alkanes of at least 4 members (excludes halogenated alkanes) is 13. The smallest absolute Gasteiger partial charge is 0.00922 e. The molecule has 0 saturated carbocycles. The molecule has 0 spiro atoms. The molecule has 0 aromatic carbocycles. The van der Waals surface area contributed by atoms with Crippen molar-refractivity contribution in [1.29, 1.82) is 0 Å². The minimum Gasteiger partial charge on any atom is -0.344 e. The van der Waals surface area contributed by atoms with Crippen LogP contribution in [0.3, 0.4) is 0 Å². The second-order valence-corrected chi connectivity index (χ2v) is 8.02. The molecule has 1 aliphatic heterocycles.